The molecule has 2 N–H and O–H groups in total. The molecule has 6 atom stereocenters. The topological polar surface area (TPSA) is 142 Å². The highest BCUT2D eigenvalue weighted by Gasteiger charge is 2.70. The number of allylic oxidation sites excluding steroid dienone is 2. The van der Waals surface area contributed by atoms with Crippen LogP contribution in [0.25, 0.3) is 0 Å². The van der Waals surface area contributed by atoms with Crippen LogP contribution in [0.1, 0.15) is 36.3 Å². The smallest absolute Gasteiger partial charge is 0.305 e. The first-order valence-corrected chi connectivity index (χ1v) is 17.0. The Labute approximate surface area is 294 Å². The number of carbonyl (C=O) groups is 5. The summed E-state index contributed by atoms with van der Waals surface area (Å²) in [5.41, 5.74) is 0.806. The number of amides is 4. The number of hydrogen-bond acceptors (Lipinski definition) is 7. The van der Waals surface area contributed by atoms with Crippen molar-refractivity contribution < 1.29 is 38.9 Å². The van der Waals surface area contributed by atoms with E-state index in [1.807, 2.05) is 59.0 Å². The molecule has 2 saturated heterocycles. The highest BCUT2D eigenvalue weighted by atomic mass is 127. The fourth-order valence-electron chi connectivity index (χ4n) is 8.53. The van der Waals surface area contributed by atoms with Crippen molar-refractivity contribution in [1.82, 2.24) is 4.90 Å². The number of fused-ring (bicyclic) bond motifs is 4. The maximum Gasteiger partial charge on any atom is 0.305 e. The third kappa shape index (κ3) is 4.68. The van der Waals surface area contributed by atoms with Gasteiger partial charge in [0.25, 0.3) is 0 Å². The lowest BCUT2D eigenvalue weighted by Gasteiger charge is -2.50. The predicted molar refractivity (Wildman–Crippen MR) is 182 cm³/mol. The van der Waals surface area contributed by atoms with E-state index < -0.39 is 64.6 Å². The molecule has 2 aliphatic heterocycles. The molecule has 2 heterocycles. The number of rotatable bonds is 7. The predicted octanol–water partition coefficient (Wildman–Crippen LogP) is 5.30. The molecule has 4 aliphatic rings. The number of benzene rings is 3. The molecule has 0 aromatic heterocycles. The minimum absolute atomic E-state index is 0.0720. The van der Waals surface area contributed by atoms with Gasteiger partial charge in [-0.1, -0.05) is 59.6 Å². The van der Waals surface area contributed by atoms with E-state index in [1.165, 1.54) is 12.0 Å². The fourth-order valence-corrected chi connectivity index (χ4v) is 9.34. The van der Waals surface area contributed by atoms with Crippen LogP contribution in [0, 0.1) is 27.2 Å². The number of phenolic OH excluding ortho intramolecular Hbond substituents is 1. The SMILES string of the molecule is COc1cc([C@H]2C3=CC[C@@H]4C(=O)N(CCC(=O)O)C(=O)[C@@H]4[C@@H]3C[C@H]3C(=O)N(c4cccc(Cl)c4)C(=O)[C@@]23c2ccccc2)cc(I)c1O. The number of nitrogens with zero attached hydrogens (tertiary/aromatic N) is 2. The van der Waals surface area contributed by atoms with Gasteiger partial charge in [0.2, 0.25) is 23.6 Å². The van der Waals surface area contributed by atoms with Gasteiger partial charge in [-0.25, -0.2) is 4.90 Å². The van der Waals surface area contributed by atoms with Gasteiger partial charge in [-0.3, -0.25) is 28.9 Å². The van der Waals surface area contributed by atoms with Crippen LogP contribution in [0.4, 0.5) is 5.69 Å². The molecule has 3 aromatic carbocycles. The summed E-state index contributed by atoms with van der Waals surface area (Å²) in [7, 11) is 1.43. The molecule has 1 saturated carbocycles. The summed E-state index contributed by atoms with van der Waals surface area (Å²) < 4.78 is 6.02. The molecule has 0 unspecified atom stereocenters. The molecule has 48 heavy (non-hydrogen) atoms. The Morgan fingerprint density at radius 2 is 1.75 bits per heavy atom. The Hall–Kier alpha value is -4.23. The minimum Gasteiger partial charge on any atom is -0.504 e. The van der Waals surface area contributed by atoms with Crippen LogP contribution in [0.2, 0.25) is 5.02 Å². The van der Waals surface area contributed by atoms with Crippen molar-refractivity contribution >= 4 is 69.5 Å². The summed E-state index contributed by atoms with van der Waals surface area (Å²) in [6.07, 6.45) is 1.87. The monoisotopic (exact) mass is 780 g/mol. The van der Waals surface area contributed by atoms with E-state index >= 15 is 4.79 Å². The van der Waals surface area contributed by atoms with Crippen LogP contribution in [0.5, 0.6) is 11.5 Å². The molecule has 0 spiro atoms. The molecule has 3 fully saturated rings. The maximum absolute atomic E-state index is 15.3. The lowest BCUT2D eigenvalue weighted by molar-refractivity contribution is -0.142. The summed E-state index contributed by atoms with van der Waals surface area (Å²) in [6, 6.07) is 19.1. The Morgan fingerprint density at radius 1 is 1.00 bits per heavy atom. The molecule has 7 rings (SSSR count). The molecule has 2 aliphatic carbocycles. The number of aliphatic carboxylic acids is 1. The first-order valence-electron chi connectivity index (χ1n) is 15.5. The number of carboxylic acid groups (broad SMARTS) is 1. The van der Waals surface area contributed by atoms with Gasteiger partial charge < -0.3 is 14.9 Å². The van der Waals surface area contributed by atoms with Crippen molar-refractivity contribution in [3.8, 4) is 11.5 Å². The Kier molecular flexibility index (Phi) is 8.10. The van der Waals surface area contributed by atoms with Gasteiger partial charge in [0, 0.05) is 17.5 Å². The number of aromatic hydroxyl groups is 1. The Morgan fingerprint density at radius 3 is 2.44 bits per heavy atom. The van der Waals surface area contributed by atoms with Crippen molar-refractivity contribution in [2.24, 2.45) is 23.7 Å². The van der Waals surface area contributed by atoms with Gasteiger partial charge in [-0.15, -0.1) is 0 Å². The van der Waals surface area contributed by atoms with Gasteiger partial charge in [-0.2, -0.15) is 0 Å². The van der Waals surface area contributed by atoms with E-state index in [2.05, 4.69) is 0 Å². The first-order chi connectivity index (χ1) is 23.0. The van der Waals surface area contributed by atoms with Crippen LogP contribution >= 0.6 is 34.2 Å². The van der Waals surface area contributed by atoms with Gasteiger partial charge in [0.05, 0.1) is 46.0 Å². The van der Waals surface area contributed by atoms with E-state index in [0.717, 1.165) is 10.5 Å². The Bertz CT molecular complexity index is 1930. The summed E-state index contributed by atoms with van der Waals surface area (Å²) in [4.78, 5) is 71.2. The van der Waals surface area contributed by atoms with Crippen molar-refractivity contribution in [1.29, 1.82) is 0 Å². The van der Waals surface area contributed by atoms with E-state index in [9.17, 15) is 29.4 Å². The van der Waals surface area contributed by atoms with Crippen LogP contribution in [0.3, 0.4) is 0 Å². The number of carboxylic acids is 1. The summed E-state index contributed by atoms with van der Waals surface area (Å²) in [5, 5.41) is 20.5. The highest BCUT2D eigenvalue weighted by Crippen LogP contribution is 2.65. The van der Waals surface area contributed by atoms with Crippen LogP contribution in [-0.2, 0) is 29.4 Å². The molecule has 0 radical (unpaired) electrons. The number of methoxy groups -OCH3 is 1. The zero-order chi connectivity index (χ0) is 34.1. The minimum atomic E-state index is -1.48. The molecular formula is C36H30ClIN2O8. The summed E-state index contributed by atoms with van der Waals surface area (Å²) in [5.74, 6) is -6.69. The van der Waals surface area contributed by atoms with Crippen molar-refractivity contribution in [2.75, 3.05) is 18.6 Å². The van der Waals surface area contributed by atoms with E-state index in [-0.39, 0.29) is 37.3 Å². The zero-order valence-corrected chi connectivity index (χ0v) is 28.6. The average molecular weight is 781 g/mol. The van der Waals surface area contributed by atoms with E-state index in [1.54, 1.807) is 36.4 Å². The van der Waals surface area contributed by atoms with Crippen molar-refractivity contribution in [2.45, 2.75) is 30.6 Å². The number of halogens is 2. The average Bonchev–Trinajstić information content (AvgIpc) is 3.45. The molecule has 0 bridgehead atoms. The Balaban J connectivity index is 1.48. The van der Waals surface area contributed by atoms with Gasteiger partial charge in [-0.05, 0) is 82.8 Å². The second-order valence-corrected chi connectivity index (χ2v) is 14.2. The van der Waals surface area contributed by atoms with Crippen molar-refractivity contribution in [3.05, 3.63) is 98.1 Å². The number of phenols is 1. The largest absolute Gasteiger partial charge is 0.504 e. The highest BCUT2D eigenvalue weighted by molar-refractivity contribution is 14.1. The molecule has 246 valence electrons. The number of likely N-dealkylation sites (tertiary alicyclic amines) is 1. The lowest BCUT2D eigenvalue weighted by atomic mass is 9.49. The number of imide groups is 2. The quantitative estimate of drug-likeness (QED) is 0.187. The molecule has 10 nitrogen and oxygen atoms in total. The molecule has 4 amide bonds. The number of carbonyl (C=O) groups excluding carboxylic acids is 4. The van der Waals surface area contributed by atoms with Crippen LogP contribution in [0.15, 0.2) is 78.4 Å². The lowest BCUT2D eigenvalue weighted by Crippen LogP contribution is -2.53. The third-order valence-electron chi connectivity index (χ3n) is 10.4. The van der Waals surface area contributed by atoms with E-state index in [0.29, 0.717) is 25.4 Å². The number of anilines is 1. The summed E-state index contributed by atoms with van der Waals surface area (Å²) in [6.45, 7) is -0.240. The first kappa shape index (κ1) is 32.3. The van der Waals surface area contributed by atoms with Crippen molar-refractivity contribution in [3.63, 3.8) is 0 Å². The fraction of sp³-hybridized carbons (Fsp3) is 0.306. The standard InChI is InChI=1S/C36H30ClIN2O8/c1-48-27-15-18(14-26(38)31(27)43)30-22-10-11-23-29(34(46)39(32(23)44)13-12-28(41)42)24(22)17-25-33(45)40(21-9-5-8-20(37)16-21)35(47)36(25,30)19-6-3-2-4-7-19/h2-10,14-16,23-25,29-30,43H,11-13,17H2,1H3,(H,41,42)/t23-,24+,25-,29-,30-,36+/m0/s1. The number of hydrogen-bond donors (Lipinski definition) is 2. The molecule has 12 heteroatoms. The molecule has 3 aromatic rings. The van der Waals surface area contributed by atoms with Gasteiger partial charge >= 0.3 is 5.97 Å². The summed E-state index contributed by atoms with van der Waals surface area (Å²) >= 11 is 8.35. The zero-order valence-electron chi connectivity index (χ0n) is 25.6. The second kappa shape index (κ2) is 12.0. The normalized spacial score (nSPS) is 27.8. The van der Waals surface area contributed by atoms with E-state index in [4.69, 9.17) is 16.3 Å². The maximum atomic E-state index is 15.3. The van der Waals surface area contributed by atoms with Crippen LogP contribution < -0.4 is 9.64 Å². The van der Waals surface area contributed by atoms with Crippen LogP contribution in [-0.4, -0.2) is 58.4 Å². The van der Waals surface area contributed by atoms with Gasteiger partial charge in [0.1, 0.15) is 0 Å². The third-order valence-corrected chi connectivity index (χ3v) is 11.5. The van der Waals surface area contributed by atoms with Gasteiger partial charge in [0.15, 0.2) is 11.5 Å². The second-order valence-electron chi connectivity index (χ2n) is 12.6. The molecular weight excluding hydrogens is 751 g/mol. The number of ether oxygens (including phenoxy) is 1.